The number of imidazole rings is 1. The van der Waals surface area contributed by atoms with Crippen molar-refractivity contribution in [3.8, 4) is 0 Å². The maximum atomic E-state index is 11.0. The molecule has 3 atom stereocenters. The maximum absolute atomic E-state index is 11.0. The summed E-state index contributed by atoms with van der Waals surface area (Å²) in [6.45, 7) is 5.39. The Morgan fingerprint density at radius 1 is 1.74 bits per heavy atom. The Kier molecular flexibility index (Phi) is 4.14. The van der Waals surface area contributed by atoms with Crippen molar-refractivity contribution < 1.29 is 14.3 Å². The Morgan fingerprint density at radius 3 is 3.22 bits per heavy atom. The second-order valence-electron chi connectivity index (χ2n) is 5.34. The van der Waals surface area contributed by atoms with Crippen molar-refractivity contribution in [1.82, 2.24) is 19.5 Å². The fourth-order valence-corrected chi connectivity index (χ4v) is 2.95. The van der Waals surface area contributed by atoms with E-state index in [4.69, 9.17) is 27.4 Å². The van der Waals surface area contributed by atoms with E-state index < -0.39 is 0 Å². The van der Waals surface area contributed by atoms with Gasteiger partial charge in [-0.1, -0.05) is 18.3 Å². The van der Waals surface area contributed by atoms with Crippen LogP contribution in [0.25, 0.3) is 11.2 Å². The van der Waals surface area contributed by atoms with Crippen molar-refractivity contribution >= 4 is 35.3 Å². The predicted molar refractivity (Wildman–Crippen MR) is 86.0 cm³/mol. The molecule has 1 fully saturated rings. The van der Waals surface area contributed by atoms with Crippen LogP contribution in [0.15, 0.2) is 19.0 Å². The molecule has 0 amide bonds. The van der Waals surface area contributed by atoms with E-state index in [0.717, 1.165) is 0 Å². The normalized spacial score (nSPS) is 24.0. The smallest absolute Gasteiger partial charge is 0.302 e. The SMILES string of the molecule is C=C[C@H]1C[C@H](n2cnc3c(=S)nc(N)[nH]c32)O[C@@H]1COC(C)=O. The number of H-pyrrole nitrogens is 1. The third kappa shape index (κ3) is 2.97. The lowest BCUT2D eigenvalue weighted by atomic mass is 10.0. The Morgan fingerprint density at radius 2 is 2.52 bits per heavy atom. The van der Waals surface area contributed by atoms with Gasteiger partial charge in [0.2, 0.25) is 0 Å². The highest BCUT2D eigenvalue weighted by Crippen LogP contribution is 2.35. The van der Waals surface area contributed by atoms with Crippen molar-refractivity contribution in [3.63, 3.8) is 0 Å². The molecule has 2 aromatic rings. The second kappa shape index (κ2) is 6.09. The van der Waals surface area contributed by atoms with Gasteiger partial charge < -0.3 is 20.2 Å². The average Bonchev–Trinajstić information content (AvgIpc) is 3.08. The van der Waals surface area contributed by atoms with Crippen LogP contribution >= 0.6 is 12.2 Å². The molecule has 0 aliphatic carbocycles. The highest BCUT2D eigenvalue weighted by Gasteiger charge is 2.35. The molecule has 0 radical (unpaired) electrons. The van der Waals surface area contributed by atoms with E-state index >= 15 is 0 Å². The number of carbonyl (C=O) groups is 1. The molecule has 0 unspecified atom stereocenters. The van der Waals surface area contributed by atoms with E-state index in [9.17, 15) is 4.79 Å². The molecular formula is C14H17N5O3S. The highest BCUT2D eigenvalue weighted by molar-refractivity contribution is 7.71. The summed E-state index contributed by atoms with van der Waals surface area (Å²) in [7, 11) is 0. The van der Waals surface area contributed by atoms with Gasteiger partial charge >= 0.3 is 5.97 Å². The number of carbonyl (C=O) groups excluding carboxylic acids is 1. The third-order valence-electron chi connectivity index (χ3n) is 3.81. The molecule has 23 heavy (non-hydrogen) atoms. The zero-order valence-corrected chi connectivity index (χ0v) is 13.4. The van der Waals surface area contributed by atoms with Crippen molar-refractivity contribution in [2.24, 2.45) is 5.92 Å². The molecule has 0 saturated carbocycles. The number of nitrogens with zero attached hydrogens (tertiary/aromatic N) is 3. The number of aromatic nitrogens is 4. The van der Waals surface area contributed by atoms with Crippen LogP contribution in [0.1, 0.15) is 19.6 Å². The molecule has 0 spiro atoms. The minimum absolute atomic E-state index is 0.0685. The van der Waals surface area contributed by atoms with Gasteiger partial charge in [0.15, 0.2) is 10.6 Å². The lowest BCUT2D eigenvalue weighted by Gasteiger charge is -2.16. The summed E-state index contributed by atoms with van der Waals surface area (Å²) < 4.78 is 13.2. The fourth-order valence-electron chi connectivity index (χ4n) is 2.70. The van der Waals surface area contributed by atoms with Crippen LogP contribution in [-0.4, -0.2) is 38.2 Å². The van der Waals surface area contributed by atoms with Gasteiger partial charge in [-0.3, -0.25) is 9.36 Å². The molecule has 122 valence electrons. The number of anilines is 1. The zero-order valence-electron chi connectivity index (χ0n) is 12.6. The number of hydrogen-bond donors (Lipinski definition) is 2. The van der Waals surface area contributed by atoms with E-state index in [1.165, 1.54) is 6.92 Å². The second-order valence-corrected chi connectivity index (χ2v) is 5.73. The van der Waals surface area contributed by atoms with Gasteiger partial charge in [0.05, 0.1) is 6.33 Å². The van der Waals surface area contributed by atoms with Gasteiger partial charge in [0.1, 0.15) is 30.1 Å². The van der Waals surface area contributed by atoms with Gasteiger partial charge in [0.25, 0.3) is 0 Å². The zero-order chi connectivity index (χ0) is 16.6. The van der Waals surface area contributed by atoms with Gasteiger partial charge in [-0.15, -0.1) is 6.58 Å². The molecular weight excluding hydrogens is 318 g/mol. The van der Waals surface area contributed by atoms with Crippen LogP contribution in [0.3, 0.4) is 0 Å². The first-order valence-corrected chi connectivity index (χ1v) is 7.54. The Balaban J connectivity index is 1.89. The average molecular weight is 335 g/mol. The molecule has 8 nitrogen and oxygen atoms in total. The topological polar surface area (TPSA) is 108 Å². The first-order valence-electron chi connectivity index (χ1n) is 7.13. The van der Waals surface area contributed by atoms with E-state index in [1.807, 2.05) is 10.6 Å². The number of fused-ring (bicyclic) bond motifs is 1. The van der Waals surface area contributed by atoms with Crippen molar-refractivity contribution in [2.75, 3.05) is 12.3 Å². The van der Waals surface area contributed by atoms with Gasteiger partial charge in [-0.25, -0.2) is 9.97 Å². The quantitative estimate of drug-likeness (QED) is 0.497. The molecule has 0 bridgehead atoms. The van der Waals surface area contributed by atoms with Crippen LogP contribution in [-0.2, 0) is 14.3 Å². The molecule has 0 aromatic carbocycles. The highest BCUT2D eigenvalue weighted by atomic mass is 32.1. The maximum Gasteiger partial charge on any atom is 0.302 e. The number of aromatic amines is 1. The summed E-state index contributed by atoms with van der Waals surface area (Å²) in [5.41, 5.74) is 6.95. The number of hydrogen-bond acceptors (Lipinski definition) is 7. The van der Waals surface area contributed by atoms with E-state index in [1.54, 1.807) is 6.33 Å². The summed E-state index contributed by atoms with van der Waals surface area (Å²) in [5, 5.41) is 0. The van der Waals surface area contributed by atoms with E-state index in [2.05, 4.69) is 21.5 Å². The number of nitrogens with two attached hydrogens (primary N) is 1. The number of esters is 1. The Hall–Kier alpha value is -2.26. The van der Waals surface area contributed by atoms with Crippen molar-refractivity contribution in [1.29, 1.82) is 0 Å². The molecule has 1 aliphatic heterocycles. The summed E-state index contributed by atoms with van der Waals surface area (Å²) >= 11 is 5.17. The first-order chi connectivity index (χ1) is 11.0. The lowest BCUT2D eigenvalue weighted by molar-refractivity contribution is -0.146. The number of nitrogens with one attached hydrogen (secondary N) is 1. The lowest BCUT2D eigenvalue weighted by Crippen LogP contribution is -2.23. The largest absolute Gasteiger partial charge is 0.463 e. The number of ether oxygens (including phenoxy) is 2. The number of nitrogen functional groups attached to an aromatic ring is 1. The summed E-state index contributed by atoms with van der Waals surface area (Å²) in [5.74, 6) is -0.0474. The van der Waals surface area contributed by atoms with E-state index in [0.29, 0.717) is 22.2 Å². The van der Waals surface area contributed by atoms with Gasteiger partial charge in [-0.05, 0) is 0 Å². The summed E-state index contributed by atoms with van der Waals surface area (Å²) in [6, 6.07) is 0. The van der Waals surface area contributed by atoms with Crippen LogP contribution in [0, 0.1) is 10.6 Å². The minimum Gasteiger partial charge on any atom is -0.463 e. The monoisotopic (exact) mass is 335 g/mol. The number of rotatable bonds is 4. The van der Waals surface area contributed by atoms with E-state index in [-0.39, 0.29) is 36.8 Å². The third-order valence-corrected chi connectivity index (χ3v) is 4.10. The Bertz CT molecular complexity index is 814. The van der Waals surface area contributed by atoms with Crippen LogP contribution in [0.5, 0.6) is 0 Å². The summed E-state index contributed by atoms with van der Waals surface area (Å²) in [4.78, 5) is 22.2. The van der Waals surface area contributed by atoms with Crippen LogP contribution < -0.4 is 5.73 Å². The van der Waals surface area contributed by atoms with Crippen molar-refractivity contribution in [3.05, 3.63) is 23.6 Å². The minimum atomic E-state index is -0.337. The Labute approximate surface area is 137 Å². The fraction of sp³-hybridized carbons (Fsp3) is 0.429. The molecule has 1 aliphatic rings. The molecule has 2 aromatic heterocycles. The molecule has 3 rings (SSSR count). The van der Waals surface area contributed by atoms with Gasteiger partial charge in [0, 0.05) is 19.3 Å². The molecule has 9 heteroatoms. The first kappa shape index (κ1) is 15.6. The predicted octanol–water partition coefficient (Wildman–Crippen LogP) is 1.72. The van der Waals surface area contributed by atoms with Gasteiger partial charge in [-0.2, -0.15) is 0 Å². The molecule has 3 heterocycles. The van der Waals surface area contributed by atoms with Crippen LogP contribution in [0.4, 0.5) is 5.95 Å². The van der Waals surface area contributed by atoms with Crippen LogP contribution in [0.2, 0.25) is 0 Å². The van der Waals surface area contributed by atoms with Crippen molar-refractivity contribution in [2.45, 2.75) is 25.7 Å². The molecule has 3 N–H and O–H groups in total. The molecule has 1 saturated heterocycles. The summed E-state index contributed by atoms with van der Waals surface area (Å²) in [6.07, 6.45) is 3.60. The standard InChI is InChI=1S/C14H17N5O3S/c1-3-8-4-10(22-9(8)5-21-7(2)20)19-6-16-11-12(19)17-14(15)18-13(11)23/h3,6,8-10H,1,4-5H2,2H3,(H3,15,17,18,23)/t8-,9+,10+/m0/s1.